The Balaban J connectivity index is 4.50. The van der Waals surface area contributed by atoms with Crippen molar-refractivity contribution in [2.75, 3.05) is 35.3 Å². The molecule has 0 aliphatic carbocycles. The van der Waals surface area contributed by atoms with E-state index in [4.69, 9.17) is 4.74 Å². The van der Waals surface area contributed by atoms with Gasteiger partial charge in [0.15, 0.2) is 14.3 Å². The van der Waals surface area contributed by atoms with Gasteiger partial charge in [-0.2, -0.15) is 4.76 Å². The molecule has 0 aromatic carbocycles. The second-order valence-electron chi connectivity index (χ2n) is 3.41. The van der Waals surface area contributed by atoms with Crippen molar-refractivity contribution in [3.8, 4) is 0 Å². The van der Waals surface area contributed by atoms with Gasteiger partial charge in [0.1, 0.15) is 0 Å². The molecule has 0 saturated carbocycles. The molecule has 0 rings (SSSR count). The van der Waals surface area contributed by atoms with Crippen LogP contribution < -0.4 is 0 Å². The fourth-order valence-corrected chi connectivity index (χ4v) is 2.50. The largest absolute Gasteiger partial charge is 0.484 e. The smallest absolute Gasteiger partial charge is 0.189 e. The van der Waals surface area contributed by atoms with Crippen LogP contribution in [0, 0.1) is 0 Å². The highest BCUT2D eigenvalue weighted by Gasteiger charge is 2.14. The third kappa shape index (κ3) is 4.89. The molecule has 84 valence electrons. The molecule has 0 atom stereocenters. The monoisotopic (exact) mass is 219 g/mol. The number of hydrogen-bond acceptors (Lipinski definition) is 4. The Morgan fingerprint density at radius 3 is 2.00 bits per heavy atom. The van der Waals surface area contributed by atoms with E-state index in [9.17, 15) is 0 Å². The van der Waals surface area contributed by atoms with Crippen LogP contribution in [0.1, 0.15) is 19.8 Å². The maximum absolute atomic E-state index is 5.23. The molecule has 0 unspecified atom stereocenters. The first-order valence-electron chi connectivity index (χ1n) is 4.79. The van der Waals surface area contributed by atoms with Gasteiger partial charge >= 0.3 is 0 Å². The zero-order valence-electron chi connectivity index (χ0n) is 10.1. The van der Waals surface area contributed by atoms with E-state index in [-0.39, 0.29) is 0 Å². The van der Waals surface area contributed by atoms with E-state index in [0.717, 1.165) is 18.7 Å². The summed E-state index contributed by atoms with van der Waals surface area (Å²) in [6.45, 7) is 2.13. The lowest BCUT2D eigenvalue weighted by molar-refractivity contribution is 0.389. The number of methoxy groups -OCH3 is 1. The minimum absolute atomic E-state index is 0.606. The average Bonchev–Trinajstić information content (AvgIpc) is 2.10. The number of ether oxygens (including phenoxy) is 1. The van der Waals surface area contributed by atoms with E-state index in [0.29, 0.717) is 0 Å². The molecule has 0 heterocycles. The van der Waals surface area contributed by atoms with Crippen molar-refractivity contribution in [3.63, 3.8) is 0 Å². The lowest BCUT2D eigenvalue weighted by Gasteiger charge is -2.25. The van der Waals surface area contributed by atoms with Crippen molar-refractivity contribution >= 4 is 14.3 Å². The average molecular weight is 219 g/mol. The second kappa shape index (κ2) is 7.16. The van der Waals surface area contributed by atoms with Crippen LogP contribution in [-0.2, 0) is 4.74 Å². The molecule has 0 aromatic heterocycles. The highest BCUT2D eigenvalue weighted by atomic mass is 31.1. The maximum Gasteiger partial charge on any atom is 0.189 e. The quantitative estimate of drug-likeness (QED) is 0.403. The first-order chi connectivity index (χ1) is 6.52. The lowest BCUT2D eigenvalue weighted by Crippen LogP contribution is -2.16. The van der Waals surface area contributed by atoms with Crippen molar-refractivity contribution in [1.29, 1.82) is 0 Å². The fraction of sp³-hybridized carbons (Fsp3) is 0.889. The van der Waals surface area contributed by atoms with Crippen LogP contribution in [0.25, 0.3) is 0 Å². The van der Waals surface area contributed by atoms with Gasteiger partial charge < -0.3 is 4.74 Å². The van der Waals surface area contributed by atoms with Gasteiger partial charge in [-0.05, 0) is 34.6 Å². The van der Waals surface area contributed by atoms with Gasteiger partial charge in [0, 0.05) is 6.42 Å². The molecule has 0 aromatic rings. The van der Waals surface area contributed by atoms with Gasteiger partial charge in [0.05, 0.1) is 7.11 Å². The van der Waals surface area contributed by atoms with E-state index < -0.39 is 8.37 Å². The van der Waals surface area contributed by atoms with Crippen molar-refractivity contribution in [3.05, 3.63) is 0 Å². The van der Waals surface area contributed by atoms with Crippen molar-refractivity contribution in [2.45, 2.75) is 19.8 Å². The van der Waals surface area contributed by atoms with Gasteiger partial charge in [-0.15, -0.1) is 0 Å². The summed E-state index contributed by atoms with van der Waals surface area (Å²) in [7, 11) is 9.23. The molecule has 0 saturated heterocycles. The first-order valence-corrected chi connectivity index (χ1v) is 5.99. The number of nitrogens with zero attached hydrogens (tertiary/aromatic N) is 3. The molecule has 0 aliphatic rings. The molecule has 0 fully saturated rings. The van der Waals surface area contributed by atoms with Crippen LogP contribution in [-0.4, -0.2) is 50.5 Å². The molecule has 0 amide bonds. The van der Waals surface area contributed by atoms with E-state index in [1.165, 1.54) is 0 Å². The van der Waals surface area contributed by atoms with Crippen molar-refractivity contribution < 1.29 is 4.74 Å². The van der Waals surface area contributed by atoms with Gasteiger partial charge in [0.25, 0.3) is 0 Å². The predicted molar refractivity (Wildman–Crippen MR) is 63.6 cm³/mol. The topological polar surface area (TPSA) is 28.1 Å². The molecule has 14 heavy (non-hydrogen) atoms. The highest BCUT2D eigenvalue weighted by molar-refractivity contribution is 7.51. The van der Waals surface area contributed by atoms with Crippen LogP contribution >= 0.6 is 8.37 Å². The molecular weight excluding hydrogens is 197 g/mol. The Morgan fingerprint density at radius 1 is 1.21 bits per heavy atom. The molecule has 0 spiro atoms. The van der Waals surface area contributed by atoms with E-state index >= 15 is 0 Å². The standard InChI is InChI=1S/C9H22N3OP/c1-7-8-9(13-6)10-14(11(2)3)12(4)5/h7-8H2,1-6H3/b10-9-. The van der Waals surface area contributed by atoms with E-state index in [1.807, 2.05) is 28.2 Å². The molecule has 4 nitrogen and oxygen atoms in total. The normalized spacial score (nSPS) is 13.1. The van der Waals surface area contributed by atoms with Crippen molar-refractivity contribution in [2.24, 2.45) is 4.76 Å². The molecular formula is C9H22N3OP. The molecule has 0 bridgehead atoms. The van der Waals surface area contributed by atoms with E-state index in [2.05, 4.69) is 21.0 Å². The van der Waals surface area contributed by atoms with Crippen LogP contribution in [0.3, 0.4) is 0 Å². The maximum atomic E-state index is 5.23. The van der Waals surface area contributed by atoms with E-state index in [1.54, 1.807) is 7.11 Å². The Kier molecular flexibility index (Phi) is 7.06. The van der Waals surface area contributed by atoms with Crippen LogP contribution in [0.5, 0.6) is 0 Å². The fourth-order valence-electron chi connectivity index (χ4n) is 1.04. The van der Waals surface area contributed by atoms with Gasteiger partial charge in [-0.3, -0.25) is 9.34 Å². The summed E-state index contributed by atoms with van der Waals surface area (Å²) in [4.78, 5) is 0. The molecule has 0 N–H and O–H groups in total. The lowest BCUT2D eigenvalue weighted by atomic mass is 10.3. The second-order valence-corrected chi connectivity index (χ2v) is 5.75. The summed E-state index contributed by atoms with van der Waals surface area (Å²) >= 11 is 0. The minimum atomic E-state index is -0.606. The zero-order chi connectivity index (χ0) is 11.1. The Labute approximate surface area is 88.9 Å². The summed E-state index contributed by atoms with van der Waals surface area (Å²) in [6, 6.07) is 0. The summed E-state index contributed by atoms with van der Waals surface area (Å²) in [5.41, 5.74) is 0. The number of hydrogen-bond donors (Lipinski definition) is 0. The summed E-state index contributed by atoms with van der Waals surface area (Å²) < 4.78 is 14.1. The minimum Gasteiger partial charge on any atom is -0.484 e. The molecule has 5 heteroatoms. The summed E-state index contributed by atoms with van der Waals surface area (Å²) in [5, 5.41) is 0. The molecule has 0 radical (unpaired) electrons. The summed E-state index contributed by atoms with van der Waals surface area (Å²) in [6.07, 6.45) is 1.98. The third-order valence-electron chi connectivity index (χ3n) is 1.62. The van der Waals surface area contributed by atoms with Crippen molar-refractivity contribution in [1.82, 2.24) is 9.34 Å². The summed E-state index contributed by atoms with van der Waals surface area (Å²) in [5.74, 6) is 0.848. The SMILES string of the molecule is CCC/C(=N/P(N(C)C)N(C)C)OC. The first kappa shape index (κ1) is 13.8. The van der Waals surface area contributed by atoms with Gasteiger partial charge in [0.2, 0.25) is 0 Å². The predicted octanol–water partition coefficient (Wildman–Crippen LogP) is 2.18. The number of rotatable bonds is 5. The Morgan fingerprint density at radius 2 is 1.71 bits per heavy atom. The molecule has 0 aliphatic heterocycles. The van der Waals surface area contributed by atoms with Crippen LogP contribution in [0.15, 0.2) is 4.76 Å². The van der Waals surface area contributed by atoms with Gasteiger partial charge in [-0.1, -0.05) is 6.92 Å². The zero-order valence-corrected chi connectivity index (χ0v) is 11.0. The Bertz CT molecular complexity index is 175. The van der Waals surface area contributed by atoms with Crippen LogP contribution in [0.4, 0.5) is 0 Å². The highest BCUT2D eigenvalue weighted by Crippen LogP contribution is 2.41. The van der Waals surface area contributed by atoms with Gasteiger partial charge in [-0.25, -0.2) is 0 Å². The van der Waals surface area contributed by atoms with Crippen LogP contribution in [0.2, 0.25) is 0 Å². The third-order valence-corrected chi connectivity index (χ3v) is 3.45. The Hall–Kier alpha value is -0.180.